The average molecular weight is 456 g/mol. The molecular weight excluding hydrogens is 441 g/mol. The maximum atomic E-state index is 12.7. The molecule has 1 fully saturated rings. The summed E-state index contributed by atoms with van der Waals surface area (Å²) in [4.78, 5) is 26.6. The van der Waals surface area contributed by atoms with Crippen LogP contribution in [0.25, 0.3) is 6.08 Å². The first kappa shape index (κ1) is 20.5. The van der Waals surface area contributed by atoms with E-state index in [1.807, 2.05) is 48.5 Å². The van der Waals surface area contributed by atoms with Gasteiger partial charge in [0.1, 0.15) is 12.4 Å². The lowest BCUT2D eigenvalue weighted by Gasteiger charge is -2.12. The van der Waals surface area contributed by atoms with E-state index in [1.54, 1.807) is 30.3 Å². The molecule has 1 saturated heterocycles. The predicted octanol–water partition coefficient (Wildman–Crippen LogP) is 6.81. The molecule has 7 heteroatoms. The monoisotopic (exact) mass is 455 g/mol. The Morgan fingerprint density at radius 3 is 2.43 bits per heavy atom. The van der Waals surface area contributed by atoms with Gasteiger partial charge in [-0.15, -0.1) is 0 Å². The summed E-state index contributed by atoms with van der Waals surface area (Å²) < 4.78 is 5.77. The minimum Gasteiger partial charge on any atom is -0.489 e. The van der Waals surface area contributed by atoms with E-state index in [9.17, 15) is 9.59 Å². The molecule has 0 saturated carbocycles. The molecule has 30 heavy (non-hydrogen) atoms. The Morgan fingerprint density at radius 1 is 0.933 bits per heavy atom. The second-order valence-corrected chi connectivity index (χ2v) is 8.28. The first-order valence-electron chi connectivity index (χ1n) is 9.01. The lowest BCUT2D eigenvalue weighted by molar-refractivity contribution is -0.113. The summed E-state index contributed by atoms with van der Waals surface area (Å²) in [5.41, 5.74) is 2.14. The van der Waals surface area contributed by atoms with Gasteiger partial charge in [0.15, 0.2) is 0 Å². The fraction of sp³-hybridized carbons (Fsp3) is 0.0435. The van der Waals surface area contributed by atoms with Crippen LogP contribution in [0.4, 0.5) is 10.5 Å². The summed E-state index contributed by atoms with van der Waals surface area (Å²) in [5.74, 6) is 0.311. The number of benzene rings is 3. The molecule has 1 aliphatic rings. The molecule has 2 amide bonds. The van der Waals surface area contributed by atoms with Crippen molar-refractivity contribution in [2.45, 2.75) is 6.61 Å². The molecule has 3 aromatic carbocycles. The second kappa shape index (κ2) is 8.96. The van der Waals surface area contributed by atoms with Gasteiger partial charge in [-0.1, -0.05) is 59.6 Å². The van der Waals surface area contributed by atoms with Gasteiger partial charge < -0.3 is 4.74 Å². The average Bonchev–Trinajstić information content (AvgIpc) is 3.01. The van der Waals surface area contributed by atoms with Crippen LogP contribution in [-0.4, -0.2) is 11.1 Å². The number of imide groups is 1. The van der Waals surface area contributed by atoms with Gasteiger partial charge in [-0.3, -0.25) is 9.59 Å². The molecule has 0 bridgehead atoms. The molecule has 1 heterocycles. The molecular formula is C23H15Cl2NO3S. The Bertz CT molecular complexity index is 1150. The van der Waals surface area contributed by atoms with Crippen molar-refractivity contribution in [1.29, 1.82) is 0 Å². The van der Waals surface area contributed by atoms with Crippen molar-refractivity contribution in [2.75, 3.05) is 4.90 Å². The van der Waals surface area contributed by atoms with Crippen LogP contribution >= 0.6 is 35.0 Å². The van der Waals surface area contributed by atoms with Gasteiger partial charge in [-0.05, 0) is 59.8 Å². The first-order chi connectivity index (χ1) is 14.5. The number of anilines is 1. The normalized spacial score (nSPS) is 15.1. The van der Waals surface area contributed by atoms with E-state index in [0.29, 0.717) is 33.0 Å². The zero-order valence-electron chi connectivity index (χ0n) is 15.5. The number of carbonyl (C=O) groups excluding carboxylic acids is 2. The molecule has 4 rings (SSSR count). The minimum atomic E-state index is -0.369. The van der Waals surface area contributed by atoms with Crippen LogP contribution in [0.5, 0.6) is 5.75 Å². The van der Waals surface area contributed by atoms with Crippen LogP contribution in [0.3, 0.4) is 0 Å². The first-order valence-corrected chi connectivity index (χ1v) is 10.6. The quantitative estimate of drug-likeness (QED) is 0.396. The van der Waals surface area contributed by atoms with E-state index in [1.165, 1.54) is 0 Å². The van der Waals surface area contributed by atoms with E-state index in [-0.39, 0.29) is 11.1 Å². The van der Waals surface area contributed by atoms with Crippen LogP contribution in [-0.2, 0) is 11.4 Å². The van der Waals surface area contributed by atoms with Crippen molar-refractivity contribution >= 4 is 57.9 Å². The fourth-order valence-corrected chi connectivity index (χ4v) is 4.11. The fourth-order valence-electron chi connectivity index (χ4n) is 2.89. The van der Waals surface area contributed by atoms with Gasteiger partial charge in [0.2, 0.25) is 0 Å². The van der Waals surface area contributed by atoms with Gasteiger partial charge in [-0.2, -0.15) is 0 Å². The number of ether oxygens (including phenoxy) is 1. The molecule has 0 N–H and O–H groups in total. The Balaban J connectivity index is 1.46. The minimum absolute atomic E-state index is 0.352. The smallest absolute Gasteiger partial charge is 0.298 e. The van der Waals surface area contributed by atoms with Crippen molar-refractivity contribution in [1.82, 2.24) is 0 Å². The predicted molar refractivity (Wildman–Crippen MR) is 122 cm³/mol. The van der Waals surface area contributed by atoms with Crippen LogP contribution in [0.1, 0.15) is 11.1 Å². The molecule has 3 aromatic rings. The van der Waals surface area contributed by atoms with Gasteiger partial charge in [0.05, 0.1) is 10.6 Å². The highest BCUT2D eigenvalue weighted by Gasteiger charge is 2.36. The van der Waals surface area contributed by atoms with Crippen molar-refractivity contribution in [3.8, 4) is 5.75 Å². The molecule has 0 unspecified atom stereocenters. The highest BCUT2D eigenvalue weighted by molar-refractivity contribution is 8.19. The molecule has 4 nitrogen and oxygen atoms in total. The standard InChI is InChI=1S/C23H15Cl2NO3S/c24-17-5-3-6-18(13-17)26-22(27)21(30-23(26)28)12-15-8-10-19(11-9-15)29-14-16-4-1-2-7-20(16)25/h1-13H,14H2/b21-12+. The van der Waals surface area contributed by atoms with E-state index < -0.39 is 0 Å². The maximum Gasteiger partial charge on any atom is 0.298 e. The van der Waals surface area contributed by atoms with Crippen LogP contribution in [0.15, 0.2) is 77.7 Å². The third-order valence-electron chi connectivity index (χ3n) is 4.39. The van der Waals surface area contributed by atoms with E-state index >= 15 is 0 Å². The second-order valence-electron chi connectivity index (χ2n) is 6.45. The van der Waals surface area contributed by atoms with Crippen LogP contribution < -0.4 is 9.64 Å². The number of hydrogen-bond acceptors (Lipinski definition) is 4. The van der Waals surface area contributed by atoms with E-state index in [2.05, 4.69) is 0 Å². The molecule has 0 atom stereocenters. The zero-order valence-corrected chi connectivity index (χ0v) is 17.9. The number of thioether (sulfide) groups is 1. The largest absolute Gasteiger partial charge is 0.489 e. The van der Waals surface area contributed by atoms with Gasteiger partial charge in [-0.25, -0.2) is 4.90 Å². The lowest BCUT2D eigenvalue weighted by Crippen LogP contribution is -2.27. The third kappa shape index (κ3) is 4.54. The van der Waals surface area contributed by atoms with Crippen LogP contribution in [0, 0.1) is 0 Å². The summed E-state index contributed by atoms with van der Waals surface area (Å²) in [6, 6.07) is 21.4. The summed E-state index contributed by atoms with van der Waals surface area (Å²) in [5, 5.41) is 0.765. The number of amides is 2. The van der Waals surface area contributed by atoms with Crippen LogP contribution in [0.2, 0.25) is 10.0 Å². The maximum absolute atomic E-state index is 12.7. The number of rotatable bonds is 5. The Kier molecular flexibility index (Phi) is 6.13. The van der Waals surface area contributed by atoms with Gasteiger partial charge >= 0.3 is 0 Å². The molecule has 1 aliphatic heterocycles. The summed E-state index contributed by atoms with van der Waals surface area (Å²) in [7, 11) is 0. The molecule has 0 radical (unpaired) electrons. The summed E-state index contributed by atoms with van der Waals surface area (Å²) in [6.07, 6.45) is 1.69. The Morgan fingerprint density at radius 2 is 1.70 bits per heavy atom. The van der Waals surface area contributed by atoms with Crippen molar-refractivity contribution in [3.63, 3.8) is 0 Å². The molecule has 150 valence electrons. The highest BCUT2D eigenvalue weighted by Crippen LogP contribution is 2.36. The molecule has 0 aliphatic carbocycles. The third-order valence-corrected chi connectivity index (χ3v) is 5.86. The Labute approximate surface area is 188 Å². The zero-order chi connectivity index (χ0) is 21.1. The lowest BCUT2D eigenvalue weighted by atomic mass is 10.2. The Hall–Kier alpha value is -2.73. The molecule has 0 spiro atoms. The topological polar surface area (TPSA) is 46.6 Å². The highest BCUT2D eigenvalue weighted by atomic mass is 35.5. The number of hydrogen-bond donors (Lipinski definition) is 0. The number of carbonyl (C=O) groups is 2. The molecule has 0 aromatic heterocycles. The van der Waals surface area contributed by atoms with Crippen molar-refractivity contribution in [3.05, 3.63) is 98.9 Å². The van der Waals surface area contributed by atoms with Gasteiger partial charge in [0.25, 0.3) is 11.1 Å². The van der Waals surface area contributed by atoms with Gasteiger partial charge in [0, 0.05) is 15.6 Å². The number of nitrogens with zero attached hydrogens (tertiary/aromatic N) is 1. The van der Waals surface area contributed by atoms with Crippen molar-refractivity contribution < 1.29 is 14.3 Å². The van der Waals surface area contributed by atoms with E-state index in [0.717, 1.165) is 27.8 Å². The SMILES string of the molecule is O=C1S/C(=C/c2ccc(OCc3ccccc3Cl)cc2)C(=O)N1c1cccc(Cl)c1. The van der Waals surface area contributed by atoms with E-state index in [4.69, 9.17) is 27.9 Å². The van der Waals surface area contributed by atoms with Crippen molar-refractivity contribution in [2.24, 2.45) is 0 Å². The summed E-state index contributed by atoms with van der Waals surface area (Å²) >= 11 is 13.0. The number of halogens is 2. The summed E-state index contributed by atoms with van der Waals surface area (Å²) in [6.45, 7) is 0.359.